The van der Waals surface area contributed by atoms with E-state index in [9.17, 15) is 0 Å². The van der Waals surface area contributed by atoms with Gasteiger partial charge in [0.2, 0.25) is 0 Å². The maximum absolute atomic E-state index is 5.64. The number of hydrogen-bond donors (Lipinski definition) is 1. The highest BCUT2D eigenvalue weighted by Gasteiger charge is 2.02. The molecule has 1 heterocycles. The van der Waals surface area contributed by atoms with Crippen LogP contribution in [0.15, 0.2) is 12.1 Å². The third-order valence-corrected chi connectivity index (χ3v) is 1.70. The molecule has 4 heteroatoms. The minimum atomic E-state index is -0.0620. The van der Waals surface area contributed by atoms with Crippen molar-refractivity contribution in [2.75, 3.05) is 0 Å². The molecule has 0 aliphatic heterocycles. The molecule has 2 nitrogen and oxygen atoms in total. The topological polar surface area (TPSA) is 38.9 Å². The molecule has 1 aromatic rings. The van der Waals surface area contributed by atoms with Crippen molar-refractivity contribution < 1.29 is 0 Å². The number of nitrogens with zero attached hydrogens (tertiary/aromatic N) is 1. The first-order chi connectivity index (χ1) is 5.09. The summed E-state index contributed by atoms with van der Waals surface area (Å²) in [5, 5.41) is 0.759. The molecule has 0 aliphatic rings. The van der Waals surface area contributed by atoms with Crippen LogP contribution in [0.4, 0.5) is 0 Å². The first-order valence-corrected chi connectivity index (χ1v) is 3.94. The van der Waals surface area contributed by atoms with E-state index < -0.39 is 0 Å². The summed E-state index contributed by atoms with van der Waals surface area (Å²) in [5.74, 6) is 0. The van der Waals surface area contributed by atoms with Crippen LogP contribution < -0.4 is 5.73 Å². The van der Waals surface area contributed by atoms with Crippen LogP contribution in [0.2, 0.25) is 10.3 Å². The Bertz CT molecular complexity index is 240. The van der Waals surface area contributed by atoms with Gasteiger partial charge in [0.1, 0.15) is 10.3 Å². The van der Waals surface area contributed by atoms with Crippen molar-refractivity contribution in [3.05, 3.63) is 28.0 Å². The molecule has 1 aromatic heterocycles. The van der Waals surface area contributed by atoms with E-state index in [4.69, 9.17) is 28.9 Å². The Morgan fingerprint density at radius 2 is 1.82 bits per heavy atom. The normalized spacial score (nSPS) is 13.1. The molecule has 1 atom stereocenters. The van der Waals surface area contributed by atoms with Gasteiger partial charge in [0.05, 0.1) is 0 Å². The Balaban J connectivity index is 3.08. The Morgan fingerprint density at radius 1 is 1.36 bits per heavy atom. The van der Waals surface area contributed by atoms with E-state index in [1.807, 2.05) is 6.92 Å². The number of halogens is 2. The van der Waals surface area contributed by atoms with E-state index in [-0.39, 0.29) is 6.04 Å². The smallest absolute Gasteiger partial charge is 0.131 e. The van der Waals surface area contributed by atoms with Crippen molar-refractivity contribution in [1.29, 1.82) is 0 Å². The lowest BCUT2D eigenvalue weighted by atomic mass is 10.1. The summed E-state index contributed by atoms with van der Waals surface area (Å²) in [4.78, 5) is 3.79. The highest BCUT2D eigenvalue weighted by molar-refractivity contribution is 6.32. The summed E-state index contributed by atoms with van der Waals surface area (Å²) < 4.78 is 0. The molecule has 0 bridgehead atoms. The molecular formula is C7H8Cl2N2. The largest absolute Gasteiger partial charge is 0.324 e. The molecule has 0 radical (unpaired) electrons. The molecule has 11 heavy (non-hydrogen) atoms. The van der Waals surface area contributed by atoms with Gasteiger partial charge in [-0.1, -0.05) is 23.2 Å². The molecule has 2 N–H and O–H groups in total. The second-order valence-corrected chi connectivity index (χ2v) is 3.11. The molecule has 0 aromatic carbocycles. The summed E-state index contributed by atoms with van der Waals surface area (Å²) in [5.41, 5.74) is 6.50. The second-order valence-electron chi connectivity index (χ2n) is 2.33. The number of nitrogens with two attached hydrogens (primary N) is 1. The predicted octanol–water partition coefficient (Wildman–Crippen LogP) is 2.41. The van der Waals surface area contributed by atoms with Crippen molar-refractivity contribution in [1.82, 2.24) is 4.98 Å². The van der Waals surface area contributed by atoms with Gasteiger partial charge < -0.3 is 5.73 Å². The number of aromatic nitrogens is 1. The second kappa shape index (κ2) is 3.39. The maximum Gasteiger partial charge on any atom is 0.131 e. The van der Waals surface area contributed by atoms with Gasteiger partial charge in [0.15, 0.2) is 0 Å². The van der Waals surface area contributed by atoms with Crippen LogP contribution in [-0.4, -0.2) is 4.98 Å². The number of hydrogen-bond acceptors (Lipinski definition) is 2. The van der Waals surface area contributed by atoms with Gasteiger partial charge in [0, 0.05) is 6.04 Å². The summed E-state index contributed by atoms with van der Waals surface area (Å²) in [6.45, 7) is 1.86. The first-order valence-electron chi connectivity index (χ1n) is 3.18. The van der Waals surface area contributed by atoms with Crippen LogP contribution in [0, 0.1) is 0 Å². The Kier molecular flexibility index (Phi) is 2.71. The van der Waals surface area contributed by atoms with Gasteiger partial charge in [-0.3, -0.25) is 0 Å². The van der Waals surface area contributed by atoms with Crippen molar-refractivity contribution in [2.45, 2.75) is 13.0 Å². The fraction of sp³-hybridized carbons (Fsp3) is 0.286. The fourth-order valence-electron chi connectivity index (χ4n) is 0.746. The minimum Gasteiger partial charge on any atom is -0.324 e. The third kappa shape index (κ3) is 2.33. The lowest BCUT2D eigenvalue weighted by molar-refractivity contribution is 0.815. The van der Waals surface area contributed by atoms with E-state index in [1.54, 1.807) is 12.1 Å². The highest BCUT2D eigenvalue weighted by Crippen LogP contribution is 2.18. The van der Waals surface area contributed by atoms with Gasteiger partial charge in [-0.25, -0.2) is 4.98 Å². The van der Waals surface area contributed by atoms with Crippen molar-refractivity contribution >= 4 is 23.2 Å². The Hall–Kier alpha value is -0.310. The van der Waals surface area contributed by atoms with Crippen LogP contribution in [0.1, 0.15) is 18.5 Å². The van der Waals surface area contributed by atoms with E-state index in [0.29, 0.717) is 10.3 Å². The molecule has 0 aliphatic carbocycles. The molecule has 0 fully saturated rings. The van der Waals surface area contributed by atoms with Crippen LogP contribution in [-0.2, 0) is 0 Å². The molecule has 60 valence electrons. The average molecular weight is 191 g/mol. The molecule has 1 unspecified atom stereocenters. The van der Waals surface area contributed by atoms with Crippen molar-refractivity contribution in [3.8, 4) is 0 Å². The number of rotatable bonds is 1. The number of pyridine rings is 1. The Labute approximate surface area is 75.3 Å². The monoisotopic (exact) mass is 190 g/mol. The molecule has 1 rings (SSSR count). The Morgan fingerprint density at radius 3 is 2.18 bits per heavy atom. The molecule has 0 saturated heterocycles. The third-order valence-electron chi connectivity index (χ3n) is 1.31. The van der Waals surface area contributed by atoms with Gasteiger partial charge >= 0.3 is 0 Å². The SMILES string of the molecule is CC(N)c1cc(Cl)nc(Cl)c1. The van der Waals surface area contributed by atoms with Crippen LogP contribution in [0.5, 0.6) is 0 Å². The molecular weight excluding hydrogens is 183 g/mol. The van der Waals surface area contributed by atoms with E-state index >= 15 is 0 Å². The van der Waals surface area contributed by atoms with Gasteiger partial charge in [0.25, 0.3) is 0 Å². The molecule has 0 amide bonds. The first kappa shape index (κ1) is 8.78. The highest BCUT2D eigenvalue weighted by atomic mass is 35.5. The standard InChI is InChI=1S/C7H8Cl2N2/c1-4(10)5-2-6(8)11-7(9)3-5/h2-4H,10H2,1H3. The summed E-state index contributed by atoms with van der Waals surface area (Å²) in [6.07, 6.45) is 0. The quantitative estimate of drug-likeness (QED) is 0.692. The van der Waals surface area contributed by atoms with Crippen LogP contribution >= 0.6 is 23.2 Å². The zero-order valence-corrected chi connectivity index (χ0v) is 7.52. The minimum absolute atomic E-state index is 0.0620. The van der Waals surface area contributed by atoms with E-state index in [0.717, 1.165) is 5.56 Å². The van der Waals surface area contributed by atoms with Crippen LogP contribution in [0.25, 0.3) is 0 Å². The molecule has 0 spiro atoms. The van der Waals surface area contributed by atoms with Crippen LogP contribution in [0.3, 0.4) is 0 Å². The lowest BCUT2D eigenvalue weighted by Gasteiger charge is -2.04. The zero-order chi connectivity index (χ0) is 8.43. The average Bonchev–Trinajstić information content (AvgIpc) is 1.85. The van der Waals surface area contributed by atoms with E-state index in [1.165, 1.54) is 0 Å². The fourth-order valence-corrected chi connectivity index (χ4v) is 1.22. The van der Waals surface area contributed by atoms with Gasteiger partial charge in [-0.2, -0.15) is 0 Å². The summed E-state index contributed by atoms with van der Waals surface area (Å²) in [7, 11) is 0. The van der Waals surface area contributed by atoms with Gasteiger partial charge in [-0.05, 0) is 24.6 Å². The van der Waals surface area contributed by atoms with Crippen molar-refractivity contribution in [2.24, 2.45) is 5.73 Å². The zero-order valence-electron chi connectivity index (χ0n) is 6.01. The molecule has 0 saturated carbocycles. The summed E-state index contributed by atoms with van der Waals surface area (Å²) >= 11 is 11.3. The van der Waals surface area contributed by atoms with Gasteiger partial charge in [-0.15, -0.1) is 0 Å². The van der Waals surface area contributed by atoms with Crippen molar-refractivity contribution in [3.63, 3.8) is 0 Å². The predicted molar refractivity (Wildman–Crippen MR) is 46.9 cm³/mol. The maximum atomic E-state index is 5.64. The summed E-state index contributed by atoms with van der Waals surface area (Å²) in [6, 6.07) is 3.35. The van der Waals surface area contributed by atoms with E-state index in [2.05, 4.69) is 4.98 Å². The lowest BCUT2D eigenvalue weighted by Crippen LogP contribution is -2.04.